The summed E-state index contributed by atoms with van der Waals surface area (Å²) in [4.78, 5) is 10.9. The molecule has 84 valence electrons. The zero-order valence-corrected chi connectivity index (χ0v) is 8.79. The third-order valence-corrected chi connectivity index (χ3v) is 2.26. The lowest BCUT2D eigenvalue weighted by atomic mass is 10.2. The van der Waals surface area contributed by atoms with Gasteiger partial charge in [0, 0.05) is 11.9 Å². The summed E-state index contributed by atoms with van der Waals surface area (Å²) in [6, 6.07) is 8.39. The van der Waals surface area contributed by atoms with Crippen LogP contribution in [0.1, 0.15) is 16.1 Å². The van der Waals surface area contributed by atoms with E-state index in [0.717, 1.165) is 0 Å². The highest BCUT2D eigenvalue weighted by atomic mass is 16.1. The summed E-state index contributed by atoms with van der Waals surface area (Å²) in [5.41, 5.74) is 12.3. The maximum atomic E-state index is 10.9. The third kappa shape index (κ3) is 1.94. The van der Waals surface area contributed by atoms with Crippen molar-refractivity contribution in [2.75, 3.05) is 5.73 Å². The lowest BCUT2D eigenvalue weighted by Gasteiger charge is -2.03. The highest BCUT2D eigenvalue weighted by Crippen LogP contribution is 2.16. The zero-order valence-electron chi connectivity index (χ0n) is 8.79. The highest BCUT2D eigenvalue weighted by molar-refractivity contribution is 5.90. The van der Waals surface area contributed by atoms with E-state index in [1.54, 1.807) is 24.4 Å². The zero-order chi connectivity index (χ0) is 12.4. The monoisotopic (exact) mass is 227 g/mol. The molecule has 0 radical (unpaired) electrons. The van der Waals surface area contributed by atoms with Gasteiger partial charge in [0.1, 0.15) is 11.8 Å². The molecular formula is C11H9N5O. The van der Waals surface area contributed by atoms with E-state index in [4.69, 9.17) is 16.7 Å². The molecule has 0 aliphatic carbocycles. The molecule has 2 rings (SSSR count). The number of anilines is 1. The molecule has 1 aromatic carbocycles. The van der Waals surface area contributed by atoms with Crippen LogP contribution >= 0.6 is 0 Å². The lowest BCUT2D eigenvalue weighted by molar-refractivity contribution is 0.0995. The number of benzene rings is 1. The van der Waals surface area contributed by atoms with Gasteiger partial charge in [-0.2, -0.15) is 10.4 Å². The second-order valence-corrected chi connectivity index (χ2v) is 3.39. The molecule has 0 fully saturated rings. The topological polar surface area (TPSA) is 111 Å². The summed E-state index contributed by atoms with van der Waals surface area (Å²) in [7, 11) is 0. The van der Waals surface area contributed by atoms with Crippen LogP contribution in [0.3, 0.4) is 0 Å². The summed E-state index contributed by atoms with van der Waals surface area (Å²) in [6.07, 6.45) is 1.59. The molecule has 0 aliphatic heterocycles. The molecular weight excluding hydrogens is 218 g/mol. The van der Waals surface area contributed by atoms with Gasteiger partial charge in [-0.3, -0.25) is 4.79 Å². The smallest absolute Gasteiger partial charge is 0.269 e. The fourth-order valence-electron chi connectivity index (χ4n) is 1.38. The van der Waals surface area contributed by atoms with E-state index >= 15 is 0 Å². The van der Waals surface area contributed by atoms with E-state index in [9.17, 15) is 4.79 Å². The predicted octanol–water partition coefficient (Wildman–Crippen LogP) is 0.425. The van der Waals surface area contributed by atoms with Crippen molar-refractivity contribution in [1.82, 2.24) is 9.78 Å². The van der Waals surface area contributed by atoms with Crippen LogP contribution in [-0.4, -0.2) is 15.7 Å². The number of hydrogen-bond donors (Lipinski definition) is 2. The molecule has 2 aromatic rings. The summed E-state index contributed by atoms with van der Waals surface area (Å²) in [5, 5.41) is 12.8. The van der Waals surface area contributed by atoms with Gasteiger partial charge in [0.25, 0.3) is 5.91 Å². The van der Waals surface area contributed by atoms with Gasteiger partial charge in [-0.25, -0.2) is 4.68 Å². The maximum Gasteiger partial charge on any atom is 0.269 e. The van der Waals surface area contributed by atoms with Crippen LogP contribution in [0.15, 0.2) is 30.5 Å². The molecule has 0 saturated carbocycles. The molecule has 0 atom stereocenters. The molecule has 0 saturated heterocycles. The SMILES string of the molecule is N#Cc1cc(-n2ccc(C(N)=O)n2)ccc1N. The Labute approximate surface area is 97.1 Å². The van der Waals surface area contributed by atoms with Gasteiger partial charge < -0.3 is 11.5 Å². The van der Waals surface area contributed by atoms with Gasteiger partial charge >= 0.3 is 0 Å². The van der Waals surface area contributed by atoms with Crippen molar-refractivity contribution < 1.29 is 4.79 Å². The second-order valence-electron chi connectivity index (χ2n) is 3.39. The number of nitrogens with two attached hydrogens (primary N) is 2. The quantitative estimate of drug-likeness (QED) is 0.724. The minimum Gasteiger partial charge on any atom is -0.398 e. The summed E-state index contributed by atoms with van der Waals surface area (Å²) in [6.45, 7) is 0. The van der Waals surface area contributed by atoms with Crippen LogP contribution in [0.5, 0.6) is 0 Å². The van der Waals surface area contributed by atoms with Crippen LogP contribution in [0.2, 0.25) is 0 Å². The van der Waals surface area contributed by atoms with E-state index in [2.05, 4.69) is 5.10 Å². The first-order valence-electron chi connectivity index (χ1n) is 4.77. The predicted molar refractivity (Wildman–Crippen MR) is 61.2 cm³/mol. The van der Waals surface area contributed by atoms with Crippen LogP contribution in [-0.2, 0) is 0 Å². The number of hydrogen-bond acceptors (Lipinski definition) is 4. The molecule has 0 aliphatic rings. The van der Waals surface area contributed by atoms with Crippen LogP contribution in [0.4, 0.5) is 5.69 Å². The van der Waals surface area contributed by atoms with Gasteiger partial charge in [-0.15, -0.1) is 0 Å². The Kier molecular flexibility index (Phi) is 2.51. The molecule has 1 amide bonds. The fourth-order valence-corrected chi connectivity index (χ4v) is 1.38. The standard InChI is InChI=1S/C11H9N5O/c12-6-7-5-8(1-2-9(7)13)16-4-3-10(15-16)11(14)17/h1-5H,13H2,(H2,14,17). The second kappa shape index (κ2) is 3.98. The lowest BCUT2D eigenvalue weighted by Crippen LogP contribution is -2.12. The van der Waals surface area contributed by atoms with Gasteiger partial charge in [-0.05, 0) is 24.3 Å². The normalized spacial score (nSPS) is 9.82. The number of nitrogen functional groups attached to an aromatic ring is 1. The van der Waals surface area contributed by atoms with Gasteiger partial charge in [0.05, 0.1) is 11.3 Å². The van der Waals surface area contributed by atoms with Crippen LogP contribution < -0.4 is 11.5 Å². The molecule has 6 heteroatoms. The number of nitrogens with zero attached hydrogens (tertiary/aromatic N) is 3. The molecule has 6 nitrogen and oxygen atoms in total. The first-order chi connectivity index (χ1) is 8.11. The van der Waals surface area contributed by atoms with Crippen molar-refractivity contribution >= 4 is 11.6 Å². The molecule has 1 aromatic heterocycles. The fraction of sp³-hybridized carbons (Fsp3) is 0. The third-order valence-electron chi connectivity index (χ3n) is 2.26. The largest absolute Gasteiger partial charge is 0.398 e. The van der Waals surface area contributed by atoms with E-state index in [1.165, 1.54) is 10.7 Å². The minimum atomic E-state index is -0.597. The van der Waals surface area contributed by atoms with E-state index in [-0.39, 0.29) is 5.69 Å². The first-order valence-corrected chi connectivity index (χ1v) is 4.77. The van der Waals surface area contributed by atoms with Crippen molar-refractivity contribution in [1.29, 1.82) is 5.26 Å². The summed E-state index contributed by atoms with van der Waals surface area (Å²) in [5.74, 6) is -0.597. The Morgan fingerprint density at radius 3 is 2.76 bits per heavy atom. The Balaban J connectivity index is 2.46. The van der Waals surface area contributed by atoms with E-state index < -0.39 is 5.91 Å². The minimum absolute atomic E-state index is 0.167. The van der Waals surface area contributed by atoms with Crippen molar-refractivity contribution in [2.45, 2.75) is 0 Å². The van der Waals surface area contributed by atoms with Crippen LogP contribution in [0.25, 0.3) is 5.69 Å². The van der Waals surface area contributed by atoms with Gasteiger partial charge in [0.15, 0.2) is 0 Å². The maximum absolute atomic E-state index is 10.9. The van der Waals surface area contributed by atoms with Crippen molar-refractivity contribution in [2.24, 2.45) is 5.73 Å². The van der Waals surface area contributed by atoms with E-state index in [1.807, 2.05) is 6.07 Å². The number of carbonyl (C=O) groups excluding carboxylic acids is 1. The summed E-state index contributed by atoms with van der Waals surface area (Å²) >= 11 is 0. The first kappa shape index (κ1) is 10.7. The van der Waals surface area contributed by atoms with Crippen molar-refractivity contribution in [3.63, 3.8) is 0 Å². The average molecular weight is 227 g/mol. The highest BCUT2D eigenvalue weighted by Gasteiger charge is 2.07. The Hall–Kier alpha value is -2.81. The van der Waals surface area contributed by atoms with Crippen molar-refractivity contribution in [3.05, 3.63) is 41.7 Å². The molecule has 1 heterocycles. The van der Waals surface area contributed by atoms with Gasteiger partial charge in [-0.1, -0.05) is 0 Å². The van der Waals surface area contributed by atoms with Gasteiger partial charge in [0.2, 0.25) is 0 Å². The number of rotatable bonds is 2. The van der Waals surface area contributed by atoms with E-state index in [0.29, 0.717) is 16.9 Å². The Bertz CT molecular complexity index is 623. The molecule has 0 bridgehead atoms. The molecule has 0 spiro atoms. The number of nitriles is 1. The van der Waals surface area contributed by atoms with Crippen LogP contribution in [0, 0.1) is 11.3 Å². The Morgan fingerprint density at radius 1 is 1.41 bits per heavy atom. The Morgan fingerprint density at radius 2 is 2.18 bits per heavy atom. The summed E-state index contributed by atoms with van der Waals surface area (Å²) < 4.78 is 1.46. The number of amides is 1. The number of aromatic nitrogens is 2. The number of primary amides is 1. The molecule has 17 heavy (non-hydrogen) atoms. The number of carbonyl (C=O) groups is 1. The molecule has 4 N–H and O–H groups in total. The molecule has 0 unspecified atom stereocenters. The van der Waals surface area contributed by atoms with Crippen molar-refractivity contribution in [3.8, 4) is 11.8 Å². The average Bonchev–Trinajstić information content (AvgIpc) is 2.79.